The van der Waals surface area contributed by atoms with Crippen LogP contribution in [-0.4, -0.2) is 30.5 Å². The summed E-state index contributed by atoms with van der Waals surface area (Å²) in [5, 5.41) is 11.0. The van der Waals surface area contributed by atoms with Crippen LogP contribution in [0.3, 0.4) is 0 Å². The van der Waals surface area contributed by atoms with E-state index in [4.69, 9.17) is 0 Å². The maximum Gasteiger partial charge on any atom is 1.00 e. The van der Waals surface area contributed by atoms with E-state index in [1.54, 1.807) is 0 Å². The SMILES string of the molecule is CCCCCCCCCCCCCCCCCCN(CCCCCCCCCCCCCCCCCC)CCC(=O)[O-].[Na+]. The van der Waals surface area contributed by atoms with E-state index in [2.05, 4.69) is 18.7 Å². The molecule has 4 heteroatoms. The zero-order chi connectivity index (χ0) is 30.6. The number of nitrogens with zero attached hydrogens (tertiary/aromatic N) is 1. The first-order valence-corrected chi connectivity index (χ1v) is 19.6. The molecule has 43 heavy (non-hydrogen) atoms. The topological polar surface area (TPSA) is 43.4 Å². The van der Waals surface area contributed by atoms with Gasteiger partial charge < -0.3 is 14.8 Å². The number of carboxylic acids is 1. The first-order chi connectivity index (χ1) is 20.7. The van der Waals surface area contributed by atoms with Crippen molar-refractivity contribution in [2.24, 2.45) is 0 Å². The van der Waals surface area contributed by atoms with E-state index >= 15 is 0 Å². The number of rotatable bonds is 37. The molecule has 0 radical (unpaired) electrons. The van der Waals surface area contributed by atoms with Crippen LogP contribution >= 0.6 is 0 Å². The molecule has 0 aliphatic heterocycles. The van der Waals surface area contributed by atoms with E-state index in [0.29, 0.717) is 6.54 Å². The van der Waals surface area contributed by atoms with Crippen molar-refractivity contribution in [1.29, 1.82) is 0 Å². The zero-order valence-corrected chi connectivity index (χ0v) is 32.2. The molecule has 0 unspecified atom stereocenters. The predicted molar refractivity (Wildman–Crippen MR) is 185 cm³/mol. The summed E-state index contributed by atoms with van der Waals surface area (Å²) in [6.07, 6.45) is 44.8. The Morgan fingerprint density at radius 1 is 0.372 bits per heavy atom. The molecule has 0 aliphatic rings. The summed E-state index contributed by atoms with van der Waals surface area (Å²) < 4.78 is 0. The van der Waals surface area contributed by atoms with Crippen LogP contribution in [0.1, 0.15) is 226 Å². The van der Waals surface area contributed by atoms with Crippen LogP contribution in [0.4, 0.5) is 0 Å². The van der Waals surface area contributed by atoms with Gasteiger partial charge in [-0.25, -0.2) is 0 Å². The van der Waals surface area contributed by atoms with Crippen LogP contribution in [-0.2, 0) is 4.79 Å². The van der Waals surface area contributed by atoms with Crippen molar-refractivity contribution >= 4 is 5.97 Å². The fraction of sp³-hybridized carbons (Fsp3) is 0.974. The summed E-state index contributed by atoms with van der Waals surface area (Å²) in [6, 6.07) is 0. The van der Waals surface area contributed by atoms with Crippen molar-refractivity contribution in [3.63, 3.8) is 0 Å². The van der Waals surface area contributed by atoms with Crippen LogP contribution in [0.5, 0.6) is 0 Å². The fourth-order valence-electron chi connectivity index (χ4n) is 6.35. The first-order valence-electron chi connectivity index (χ1n) is 19.6. The Hall–Kier alpha value is 0.430. The van der Waals surface area contributed by atoms with Crippen LogP contribution in [0.15, 0.2) is 0 Å². The monoisotopic (exact) mass is 616 g/mol. The number of carboxylic acid groups (broad SMARTS) is 1. The van der Waals surface area contributed by atoms with Gasteiger partial charge >= 0.3 is 29.6 Å². The quantitative estimate of drug-likeness (QED) is 0.0518. The average Bonchev–Trinajstić information content (AvgIpc) is 2.98. The van der Waals surface area contributed by atoms with E-state index in [-0.39, 0.29) is 36.0 Å². The van der Waals surface area contributed by atoms with E-state index in [1.807, 2.05) is 0 Å². The molecule has 0 atom stereocenters. The van der Waals surface area contributed by atoms with Crippen LogP contribution in [0.25, 0.3) is 0 Å². The van der Waals surface area contributed by atoms with Crippen molar-refractivity contribution in [2.75, 3.05) is 19.6 Å². The van der Waals surface area contributed by atoms with Gasteiger partial charge in [-0.3, -0.25) is 0 Å². The Kier molecular flexibility index (Phi) is 42.9. The number of unbranched alkanes of at least 4 members (excludes halogenated alkanes) is 30. The normalized spacial score (nSPS) is 11.3. The Balaban J connectivity index is 0. The molecule has 0 amide bonds. The Labute approximate surface area is 294 Å². The second-order valence-electron chi connectivity index (χ2n) is 13.6. The number of carbonyl (C=O) groups excluding carboxylic acids is 1. The Morgan fingerprint density at radius 2 is 0.581 bits per heavy atom. The predicted octanol–water partition coefficient (Wildman–Crippen LogP) is 8.96. The smallest absolute Gasteiger partial charge is 0.550 e. The second-order valence-corrected chi connectivity index (χ2v) is 13.6. The van der Waals surface area contributed by atoms with E-state index in [1.165, 1.54) is 205 Å². The van der Waals surface area contributed by atoms with Crippen LogP contribution in [0, 0.1) is 0 Å². The molecule has 3 nitrogen and oxygen atoms in total. The van der Waals surface area contributed by atoms with Gasteiger partial charge in [0.15, 0.2) is 0 Å². The summed E-state index contributed by atoms with van der Waals surface area (Å²) >= 11 is 0. The number of hydrogen-bond acceptors (Lipinski definition) is 3. The minimum Gasteiger partial charge on any atom is -0.550 e. The third kappa shape index (κ3) is 40.4. The van der Waals surface area contributed by atoms with Crippen molar-refractivity contribution in [3.05, 3.63) is 0 Å². The Bertz CT molecular complexity index is 479. The van der Waals surface area contributed by atoms with Gasteiger partial charge in [0, 0.05) is 12.5 Å². The standard InChI is InChI=1S/C39H79NO2.Na/c1-3-5-7-9-11-13-15-17-19-21-23-25-27-29-31-33-36-40(38-35-39(41)42)37-34-32-30-28-26-24-22-20-18-16-14-12-10-8-6-4-2;/h3-38H2,1-2H3,(H,41,42);/q;+1/p-1. The molecule has 0 aromatic rings. The molecule has 0 rings (SSSR count). The minimum atomic E-state index is -0.904. The van der Waals surface area contributed by atoms with Gasteiger partial charge in [-0.15, -0.1) is 0 Å². The molecule has 0 saturated carbocycles. The molecule has 0 heterocycles. The maximum atomic E-state index is 11.0. The molecule has 0 aliphatic carbocycles. The van der Waals surface area contributed by atoms with E-state index in [0.717, 1.165) is 13.1 Å². The minimum absolute atomic E-state index is 0. The number of carbonyl (C=O) groups is 1. The summed E-state index contributed by atoms with van der Waals surface area (Å²) in [7, 11) is 0. The van der Waals surface area contributed by atoms with Gasteiger partial charge in [0.05, 0.1) is 0 Å². The molecule has 0 saturated heterocycles. The summed E-state index contributed by atoms with van der Waals surface area (Å²) in [5.41, 5.74) is 0. The van der Waals surface area contributed by atoms with Crippen molar-refractivity contribution < 1.29 is 39.5 Å². The number of aliphatic carboxylic acids is 1. The summed E-state index contributed by atoms with van der Waals surface area (Å²) in [5.74, 6) is -0.904. The first kappa shape index (κ1) is 45.6. The second kappa shape index (κ2) is 40.5. The van der Waals surface area contributed by atoms with Crippen molar-refractivity contribution in [1.82, 2.24) is 4.90 Å². The average molecular weight is 616 g/mol. The third-order valence-electron chi connectivity index (χ3n) is 9.29. The molecule has 0 fully saturated rings. The third-order valence-corrected chi connectivity index (χ3v) is 9.29. The van der Waals surface area contributed by atoms with E-state index < -0.39 is 5.97 Å². The fourth-order valence-corrected chi connectivity index (χ4v) is 6.35. The van der Waals surface area contributed by atoms with Gasteiger partial charge in [-0.05, 0) is 32.4 Å². The molecule has 0 aromatic heterocycles. The van der Waals surface area contributed by atoms with Gasteiger partial charge in [0.25, 0.3) is 0 Å². The van der Waals surface area contributed by atoms with Crippen LogP contribution < -0.4 is 34.7 Å². The molecule has 0 bridgehead atoms. The molecular formula is C39H78NNaO2. The Morgan fingerprint density at radius 3 is 0.791 bits per heavy atom. The maximum absolute atomic E-state index is 11.0. The van der Waals surface area contributed by atoms with E-state index in [9.17, 15) is 9.90 Å². The van der Waals surface area contributed by atoms with Crippen molar-refractivity contribution in [2.45, 2.75) is 226 Å². The number of hydrogen-bond donors (Lipinski definition) is 0. The van der Waals surface area contributed by atoms with Gasteiger partial charge in [-0.2, -0.15) is 0 Å². The molecular weight excluding hydrogens is 537 g/mol. The van der Waals surface area contributed by atoms with Gasteiger partial charge in [0.1, 0.15) is 0 Å². The molecule has 0 aromatic carbocycles. The summed E-state index contributed by atoms with van der Waals surface area (Å²) in [4.78, 5) is 13.4. The zero-order valence-electron chi connectivity index (χ0n) is 30.2. The van der Waals surface area contributed by atoms with Gasteiger partial charge in [0.2, 0.25) is 0 Å². The molecule has 0 spiro atoms. The molecule has 0 N–H and O–H groups in total. The van der Waals surface area contributed by atoms with Crippen molar-refractivity contribution in [3.8, 4) is 0 Å². The summed E-state index contributed by atoms with van der Waals surface area (Å²) in [6.45, 7) is 7.37. The van der Waals surface area contributed by atoms with Crippen LogP contribution in [0.2, 0.25) is 0 Å². The van der Waals surface area contributed by atoms with Gasteiger partial charge in [-0.1, -0.05) is 206 Å². The molecule has 252 valence electrons. The largest absolute Gasteiger partial charge is 1.00 e.